The Hall–Kier alpha value is -2.67. The molecule has 1 aromatic carbocycles. The number of rotatable bonds is 1. The van der Waals surface area contributed by atoms with Crippen molar-refractivity contribution in [2.45, 2.75) is 18.1 Å². The lowest BCUT2D eigenvalue weighted by molar-refractivity contribution is -0.0726. The molecule has 0 saturated carbocycles. The molecule has 0 amide bonds. The highest BCUT2D eigenvalue weighted by Crippen LogP contribution is 2.50. The minimum atomic E-state index is -0.561. The third kappa shape index (κ3) is 2.19. The third-order valence-electron chi connectivity index (χ3n) is 5.27. The van der Waals surface area contributed by atoms with E-state index in [1.165, 1.54) is 6.33 Å². The predicted octanol–water partition coefficient (Wildman–Crippen LogP) is 1.48. The Kier molecular flexibility index (Phi) is 3.18. The molecule has 25 heavy (non-hydrogen) atoms. The molecule has 7 heteroatoms. The third-order valence-corrected chi connectivity index (χ3v) is 5.27. The molecule has 7 nitrogen and oxygen atoms in total. The van der Waals surface area contributed by atoms with Gasteiger partial charge in [-0.15, -0.1) is 0 Å². The molecule has 2 aromatic rings. The van der Waals surface area contributed by atoms with Gasteiger partial charge >= 0.3 is 0 Å². The molecule has 0 radical (unpaired) electrons. The van der Waals surface area contributed by atoms with E-state index in [9.17, 15) is 0 Å². The summed E-state index contributed by atoms with van der Waals surface area (Å²) in [6.45, 7) is 1.70. The number of nitrogens with zero attached hydrogens (tertiary/aromatic N) is 3. The quantitative estimate of drug-likeness (QED) is 0.847. The van der Waals surface area contributed by atoms with Crippen molar-refractivity contribution < 1.29 is 14.2 Å². The molecule has 1 unspecified atom stereocenters. The molecule has 0 aliphatic carbocycles. The van der Waals surface area contributed by atoms with E-state index in [2.05, 4.69) is 16.0 Å². The van der Waals surface area contributed by atoms with Gasteiger partial charge in [0.25, 0.3) is 6.02 Å². The van der Waals surface area contributed by atoms with E-state index in [-0.39, 0.29) is 18.0 Å². The first-order valence-corrected chi connectivity index (χ1v) is 8.39. The fraction of sp³-hybridized carbons (Fsp3) is 0.389. The number of aliphatic imine (C=N–C) groups is 1. The molecule has 128 valence electrons. The number of ether oxygens (including phenoxy) is 3. The second-order valence-corrected chi connectivity index (χ2v) is 6.63. The number of hydrogen-bond acceptors (Lipinski definition) is 7. The summed E-state index contributed by atoms with van der Waals surface area (Å²) in [6.07, 6.45) is 6.01. The second-order valence-electron chi connectivity index (χ2n) is 6.63. The van der Waals surface area contributed by atoms with E-state index in [1.807, 2.05) is 12.1 Å². The Morgan fingerprint density at radius 1 is 1.16 bits per heavy atom. The summed E-state index contributed by atoms with van der Waals surface area (Å²) in [4.78, 5) is 12.9. The van der Waals surface area contributed by atoms with Crippen molar-refractivity contribution in [1.29, 1.82) is 0 Å². The van der Waals surface area contributed by atoms with Crippen LogP contribution in [-0.4, -0.2) is 41.9 Å². The van der Waals surface area contributed by atoms with Crippen LogP contribution < -0.4 is 10.5 Å². The van der Waals surface area contributed by atoms with Crippen LogP contribution in [0.1, 0.15) is 12.0 Å². The van der Waals surface area contributed by atoms with E-state index < -0.39 is 5.54 Å². The number of hydrogen-bond donors (Lipinski definition) is 1. The van der Waals surface area contributed by atoms with Gasteiger partial charge in [0.2, 0.25) is 0 Å². The predicted molar refractivity (Wildman–Crippen MR) is 90.1 cm³/mol. The molecule has 3 aliphatic rings. The van der Waals surface area contributed by atoms with E-state index in [4.69, 9.17) is 24.9 Å². The summed E-state index contributed by atoms with van der Waals surface area (Å²) in [5.74, 6) is 0.919. The van der Waals surface area contributed by atoms with Gasteiger partial charge in [-0.1, -0.05) is 6.07 Å². The van der Waals surface area contributed by atoms with Crippen molar-refractivity contribution in [2.24, 2.45) is 16.6 Å². The maximum absolute atomic E-state index is 6.27. The van der Waals surface area contributed by atoms with Gasteiger partial charge in [-0.2, -0.15) is 0 Å². The molecule has 1 aromatic heterocycles. The molecule has 1 spiro atoms. The van der Waals surface area contributed by atoms with E-state index in [0.29, 0.717) is 19.8 Å². The van der Waals surface area contributed by atoms with E-state index >= 15 is 0 Å². The van der Waals surface area contributed by atoms with Gasteiger partial charge in [-0.3, -0.25) is 0 Å². The van der Waals surface area contributed by atoms with Gasteiger partial charge < -0.3 is 19.9 Å². The molecule has 0 bridgehead atoms. The van der Waals surface area contributed by atoms with Crippen LogP contribution in [0.25, 0.3) is 11.1 Å². The van der Waals surface area contributed by atoms with Crippen molar-refractivity contribution in [3.63, 3.8) is 0 Å². The fourth-order valence-corrected chi connectivity index (χ4v) is 4.04. The largest absolute Gasteiger partial charge is 0.489 e. The average Bonchev–Trinajstić information content (AvgIpc) is 3.05. The minimum Gasteiger partial charge on any atom is -0.489 e. The molecule has 3 aliphatic heterocycles. The van der Waals surface area contributed by atoms with Crippen LogP contribution in [0.15, 0.2) is 41.9 Å². The van der Waals surface area contributed by atoms with Crippen molar-refractivity contribution in [3.8, 4) is 16.9 Å². The number of amidine groups is 1. The summed E-state index contributed by atoms with van der Waals surface area (Å²) in [6, 6.07) is 6.33. The van der Waals surface area contributed by atoms with Crippen LogP contribution in [0.3, 0.4) is 0 Å². The van der Waals surface area contributed by atoms with Crippen LogP contribution >= 0.6 is 0 Å². The first kappa shape index (κ1) is 14.7. The lowest BCUT2D eigenvalue weighted by Gasteiger charge is -2.45. The van der Waals surface area contributed by atoms with Crippen molar-refractivity contribution >= 4 is 6.02 Å². The summed E-state index contributed by atoms with van der Waals surface area (Å²) >= 11 is 0. The molecule has 4 heterocycles. The highest BCUT2D eigenvalue weighted by Gasteiger charge is 2.54. The summed E-state index contributed by atoms with van der Waals surface area (Å²) in [5, 5.41) is 0. The molecular formula is C18H18N4O3. The van der Waals surface area contributed by atoms with Gasteiger partial charge in [-0.25, -0.2) is 15.0 Å². The fourth-order valence-electron chi connectivity index (χ4n) is 4.04. The Morgan fingerprint density at radius 3 is 2.84 bits per heavy atom. The lowest BCUT2D eigenvalue weighted by Crippen LogP contribution is -2.52. The standard InChI is InChI=1S/C18H18N4O3/c19-17-22-18(9-24-17)13-5-11(12-6-20-10-21-7-12)1-2-15(13)25-16-3-4-23-8-14(16)18/h1-2,5-7,10,14,16H,3-4,8-9H2,(H2,19,22)/t14-,16?,18-/m0/s1. The SMILES string of the molecule is NC1=N[C@@]2(CO1)c1cc(-c3cncnc3)ccc1OC1CCOC[C@@H]12. The highest BCUT2D eigenvalue weighted by atomic mass is 16.5. The van der Waals surface area contributed by atoms with Crippen molar-refractivity contribution in [1.82, 2.24) is 9.97 Å². The molecular weight excluding hydrogens is 320 g/mol. The summed E-state index contributed by atoms with van der Waals surface area (Å²) < 4.78 is 17.6. The Labute approximate surface area is 144 Å². The maximum atomic E-state index is 6.27. The van der Waals surface area contributed by atoms with Gasteiger partial charge in [0, 0.05) is 29.9 Å². The van der Waals surface area contributed by atoms with Crippen LogP contribution in [0.5, 0.6) is 5.75 Å². The second kappa shape index (κ2) is 5.42. The molecule has 5 rings (SSSR count). The molecule has 2 N–H and O–H groups in total. The molecule has 3 atom stereocenters. The van der Waals surface area contributed by atoms with Gasteiger partial charge in [-0.05, 0) is 17.7 Å². The zero-order valence-electron chi connectivity index (χ0n) is 13.6. The average molecular weight is 338 g/mol. The molecule has 1 fully saturated rings. The minimum absolute atomic E-state index is 0.0606. The van der Waals surface area contributed by atoms with E-state index in [0.717, 1.165) is 28.9 Å². The number of fused-ring (bicyclic) bond motifs is 4. The van der Waals surface area contributed by atoms with Crippen LogP contribution in [0, 0.1) is 5.92 Å². The highest BCUT2D eigenvalue weighted by molar-refractivity contribution is 5.75. The first-order valence-electron chi connectivity index (χ1n) is 8.39. The van der Waals surface area contributed by atoms with Crippen LogP contribution in [0.2, 0.25) is 0 Å². The van der Waals surface area contributed by atoms with E-state index in [1.54, 1.807) is 12.4 Å². The Balaban J connectivity index is 1.68. The topological polar surface area (TPSA) is 91.9 Å². The number of nitrogens with two attached hydrogens (primary N) is 1. The summed E-state index contributed by atoms with van der Waals surface area (Å²) in [7, 11) is 0. The monoisotopic (exact) mass is 338 g/mol. The summed E-state index contributed by atoms with van der Waals surface area (Å²) in [5.41, 5.74) is 8.28. The molecule has 1 saturated heterocycles. The zero-order chi connectivity index (χ0) is 16.9. The Bertz CT molecular complexity index is 841. The smallest absolute Gasteiger partial charge is 0.283 e. The maximum Gasteiger partial charge on any atom is 0.283 e. The number of aromatic nitrogens is 2. The van der Waals surface area contributed by atoms with Crippen LogP contribution in [0.4, 0.5) is 0 Å². The van der Waals surface area contributed by atoms with Gasteiger partial charge in [0.15, 0.2) is 0 Å². The lowest BCUT2D eigenvalue weighted by atomic mass is 9.72. The van der Waals surface area contributed by atoms with Gasteiger partial charge in [0.1, 0.15) is 30.3 Å². The van der Waals surface area contributed by atoms with Crippen molar-refractivity contribution in [3.05, 3.63) is 42.5 Å². The zero-order valence-corrected chi connectivity index (χ0v) is 13.6. The van der Waals surface area contributed by atoms with Crippen LogP contribution in [-0.2, 0) is 15.0 Å². The van der Waals surface area contributed by atoms with Gasteiger partial charge in [0.05, 0.1) is 19.1 Å². The van der Waals surface area contributed by atoms with Crippen molar-refractivity contribution in [2.75, 3.05) is 19.8 Å². The normalized spacial score (nSPS) is 30.0. The first-order chi connectivity index (χ1) is 12.3. The number of benzene rings is 1. The Morgan fingerprint density at radius 2 is 2.04 bits per heavy atom.